The predicted molar refractivity (Wildman–Crippen MR) is 92.9 cm³/mol. The molecule has 1 aliphatic rings. The zero-order valence-electron chi connectivity index (χ0n) is 14.2. The number of carbonyl (C=O) groups is 2. The SMILES string of the molecule is CCC(C)n1ncc2ccc(NC(=O)NC3CCN(C)C3=O)cc21. The van der Waals surface area contributed by atoms with Crippen molar-refractivity contribution in [2.24, 2.45) is 0 Å². The zero-order valence-corrected chi connectivity index (χ0v) is 14.2. The molecule has 2 heterocycles. The summed E-state index contributed by atoms with van der Waals surface area (Å²) >= 11 is 0. The molecule has 0 saturated carbocycles. The molecule has 1 aromatic carbocycles. The van der Waals surface area contributed by atoms with Gasteiger partial charge in [-0.25, -0.2) is 4.79 Å². The lowest BCUT2D eigenvalue weighted by molar-refractivity contribution is -0.128. The summed E-state index contributed by atoms with van der Waals surface area (Å²) in [5.41, 5.74) is 1.67. The van der Waals surface area contributed by atoms with Crippen LogP contribution >= 0.6 is 0 Å². The van der Waals surface area contributed by atoms with E-state index in [0.29, 0.717) is 24.7 Å². The van der Waals surface area contributed by atoms with E-state index in [1.165, 1.54) is 0 Å². The predicted octanol–water partition coefficient (Wildman–Crippen LogP) is 2.36. The minimum Gasteiger partial charge on any atom is -0.344 e. The Morgan fingerprint density at radius 1 is 1.46 bits per heavy atom. The second-order valence-corrected chi connectivity index (χ2v) is 6.32. The van der Waals surface area contributed by atoms with Crippen LogP contribution in [-0.4, -0.2) is 46.3 Å². The van der Waals surface area contributed by atoms with Crippen LogP contribution in [0.2, 0.25) is 0 Å². The summed E-state index contributed by atoms with van der Waals surface area (Å²) in [5, 5.41) is 11.0. The highest BCUT2D eigenvalue weighted by Gasteiger charge is 2.30. The van der Waals surface area contributed by atoms with Crippen LogP contribution in [0.15, 0.2) is 24.4 Å². The van der Waals surface area contributed by atoms with Gasteiger partial charge in [0.25, 0.3) is 0 Å². The van der Waals surface area contributed by atoms with Crippen LogP contribution in [0.4, 0.5) is 10.5 Å². The maximum absolute atomic E-state index is 12.2. The number of fused-ring (bicyclic) bond motifs is 1. The van der Waals surface area contributed by atoms with Gasteiger partial charge in [0.05, 0.1) is 11.7 Å². The van der Waals surface area contributed by atoms with Crippen LogP contribution in [0, 0.1) is 0 Å². The maximum Gasteiger partial charge on any atom is 0.319 e. The van der Waals surface area contributed by atoms with E-state index in [-0.39, 0.29) is 11.9 Å². The molecule has 0 radical (unpaired) electrons. The highest BCUT2D eigenvalue weighted by molar-refractivity contribution is 5.96. The molecule has 1 saturated heterocycles. The summed E-state index contributed by atoms with van der Waals surface area (Å²) in [6.45, 7) is 4.90. The minimum atomic E-state index is -0.440. The third-order valence-electron chi connectivity index (χ3n) is 4.60. The molecular formula is C17H23N5O2. The second-order valence-electron chi connectivity index (χ2n) is 6.32. The van der Waals surface area contributed by atoms with Gasteiger partial charge in [-0.05, 0) is 38.0 Å². The number of amides is 3. The highest BCUT2D eigenvalue weighted by atomic mass is 16.2. The van der Waals surface area contributed by atoms with E-state index < -0.39 is 6.04 Å². The van der Waals surface area contributed by atoms with Gasteiger partial charge >= 0.3 is 6.03 Å². The topological polar surface area (TPSA) is 79.3 Å². The number of aromatic nitrogens is 2. The van der Waals surface area contributed by atoms with Crippen molar-refractivity contribution in [1.82, 2.24) is 20.0 Å². The van der Waals surface area contributed by atoms with Gasteiger partial charge in [0, 0.05) is 30.7 Å². The summed E-state index contributed by atoms with van der Waals surface area (Å²) in [6, 6.07) is 5.18. The monoisotopic (exact) mass is 329 g/mol. The van der Waals surface area contributed by atoms with Crippen molar-refractivity contribution in [1.29, 1.82) is 0 Å². The van der Waals surface area contributed by atoms with Crippen molar-refractivity contribution in [3.05, 3.63) is 24.4 Å². The molecule has 7 nitrogen and oxygen atoms in total. The largest absolute Gasteiger partial charge is 0.344 e. The Bertz CT molecular complexity index is 769. The molecule has 2 N–H and O–H groups in total. The Labute approximate surface area is 141 Å². The number of hydrogen-bond acceptors (Lipinski definition) is 3. The Hall–Kier alpha value is -2.57. The number of likely N-dealkylation sites (tertiary alicyclic amines) is 1. The molecule has 1 aliphatic heterocycles. The van der Waals surface area contributed by atoms with E-state index in [4.69, 9.17) is 0 Å². The molecule has 0 spiro atoms. The first-order chi connectivity index (χ1) is 11.5. The number of anilines is 1. The lowest BCUT2D eigenvalue weighted by Crippen LogP contribution is -2.42. The number of rotatable bonds is 4. The molecule has 0 bridgehead atoms. The van der Waals surface area contributed by atoms with Gasteiger partial charge in [-0.1, -0.05) is 6.92 Å². The van der Waals surface area contributed by atoms with Crippen LogP contribution in [-0.2, 0) is 4.79 Å². The van der Waals surface area contributed by atoms with Gasteiger partial charge < -0.3 is 15.5 Å². The van der Waals surface area contributed by atoms with Gasteiger partial charge in [-0.3, -0.25) is 9.48 Å². The summed E-state index contributed by atoms with van der Waals surface area (Å²) in [6.07, 6.45) is 3.45. The standard InChI is InChI=1S/C17H23N5O2/c1-4-11(2)22-15-9-13(6-5-12(15)10-18-22)19-17(24)20-14-7-8-21(3)16(14)23/h5-6,9-11,14H,4,7-8H2,1-3H3,(H2,19,20,24). The van der Waals surface area contributed by atoms with Crippen LogP contribution in [0.5, 0.6) is 0 Å². The van der Waals surface area contributed by atoms with Gasteiger partial charge in [-0.2, -0.15) is 5.10 Å². The van der Waals surface area contributed by atoms with E-state index in [1.807, 2.05) is 29.1 Å². The Morgan fingerprint density at radius 3 is 2.92 bits per heavy atom. The number of nitrogens with one attached hydrogen (secondary N) is 2. The summed E-state index contributed by atoms with van der Waals surface area (Å²) in [5.74, 6) is -0.0459. The fraction of sp³-hybridized carbons (Fsp3) is 0.471. The maximum atomic E-state index is 12.2. The molecule has 3 rings (SSSR count). The zero-order chi connectivity index (χ0) is 17.3. The Balaban J connectivity index is 1.73. The van der Waals surface area contributed by atoms with Crippen LogP contribution < -0.4 is 10.6 Å². The molecular weight excluding hydrogens is 306 g/mol. The van der Waals surface area contributed by atoms with E-state index in [0.717, 1.165) is 17.3 Å². The lowest BCUT2D eigenvalue weighted by Gasteiger charge is -2.14. The van der Waals surface area contributed by atoms with Crippen molar-refractivity contribution in [3.8, 4) is 0 Å². The molecule has 1 aromatic heterocycles. The van der Waals surface area contributed by atoms with Crippen molar-refractivity contribution < 1.29 is 9.59 Å². The number of hydrogen-bond donors (Lipinski definition) is 2. The van der Waals surface area contributed by atoms with E-state index in [9.17, 15) is 9.59 Å². The molecule has 0 aliphatic carbocycles. The third-order valence-corrected chi connectivity index (χ3v) is 4.60. The number of urea groups is 1. The number of benzene rings is 1. The molecule has 2 unspecified atom stereocenters. The second kappa shape index (κ2) is 6.51. The average Bonchev–Trinajstić information content (AvgIpc) is 3.12. The third kappa shape index (κ3) is 3.06. The highest BCUT2D eigenvalue weighted by Crippen LogP contribution is 2.23. The number of nitrogens with zero attached hydrogens (tertiary/aromatic N) is 3. The van der Waals surface area contributed by atoms with E-state index in [1.54, 1.807) is 11.9 Å². The van der Waals surface area contributed by atoms with Crippen molar-refractivity contribution >= 4 is 28.5 Å². The van der Waals surface area contributed by atoms with E-state index >= 15 is 0 Å². The quantitative estimate of drug-likeness (QED) is 0.904. The number of likely N-dealkylation sites (N-methyl/N-ethyl adjacent to an activating group) is 1. The first-order valence-corrected chi connectivity index (χ1v) is 8.29. The van der Waals surface area contributed by atoms with Crippen molar-refractivity contribution in [3.63, 3.8) is 0 Å². The first kappa shape index (κ1) is 16.3. The molecule has 1 fully saturated rings. The fourth-order valence-corrected chi connectivity index (χ4v) is 2.92. The molecule has 128 valence electrons. The van der Waals surface area contributed by atoms with Gasteiger partial charge in [0.2, 0.25) is 5.91 Å². The summed E-state index contributed by atoms with van der Waals surface area (Å²) in [7, 11) is 1.74. The van der Waals surface area contributed by atoms with Gasteiger partial charge in [-0.15, -0.1) is 0 Å². The molecule has 24 heavy (non-hydrogen) atoms. The smallest absolute Gasteiger partial charge is 0.319 e. The van der Waals surface area contributed by atoms with Crippen LogP contribution in [0.25, 0.3) is 10.9 Å². The molecule has 2 atom stereocenters. The first-order valence-electron chi connectivity index (χ1n) is 8.29. The molecule has 3 amide bonds. The van der Waals surface area contributed by atoms with Crippen LogP contribution in [0.1, 0.15) is 32.7 Å². The number of carbonyl (C=O) groups excluding carboxylic acids is 2. The fourth-order valence-electron chi connectivity index (χ4n) is 2.92. The summed E-state index contributed by atoms with van der Waals surface area (Å²) < 4.78 is 1.97. The van der Waals surface area contributed by atoms with Gasteiger partial charge in [0.15, 0.2) is 0 Å². The molecule has 7 heteroatoms. The van der Waals surface area contributed by atoms with Crippen LogP contribution in [0.3, 0.4) is 0 Å². The Kier molecular flexibility index (Phi) is 4.42. The van der Waals surface area contributed by atoms with Crippen molar-refractivity contribution in [2.45, 2.75) is 38.8 Å². The lowest BCUT2D eigenvalue weighted by atomic mass is 10.2. The van der Waals surface area contributed by atoms with E-state index in [2.05, 4.69) is 29.6 Å². The average molecular weight is 329 g/mol. The normalized spacial score (nSPS) is 18.9. The van der Waals surface area contributed by atoms with Gasteiger partial charge in [0.1, 0.15) is 6.04 Å². The minimum absolute atomic E-state index is 0.0459. The summed E-state index contributed by atoms with van der Waals surface area (Å²) in [4.78, 5) is 25.6. The Morgan fingerprint density at radius 2 is 2.25 bits per heavy atom. The van der Waals surface area contributed by atoms with Crippen molar-refractivity contribution in [2.75, 3.05) is 18.9 Å². The molecule has 2 aromatic rings.